The fraction of sp³-hybridized carbons (Fsp3) is 0.143. The van der Waals surface area contributed by atoms with E-state index >= 15 is 0 Å². The number of thiophene rings is 1. The van der Waals surface area contributed by atoms with E-state index < -0.39 is 0 Å². The van der Waals surface area contributed by atoms with Crippen molar-refractivity contribution in [3.05, 3.63) is 39.0 Å². The van der Waals surface area contributed by atoms with Crippen LogP contribution in [0.3, 0.4) is 0 Å². The lowest BCUT2D eigenvalue weighted by Gasteiger charge is -2.00. The summed E-state index contributed by atoms with van der Waals surface area (Å²) in [7, 11) is 0. The van der Waals surface area contributed by atoms with Gasteiger partial charge in [-0.15, -0.1) is 11.3 Å². The summed E-state index contributed by atoms with van der Waals surface area (Å²) < 4.78 is 7.25. The van der Waals surface area contributed by atoms with Gasteiger partial charge in [0.15, 0.2) is 5.13 Å². The second-order valence-corrected chi connectivity index (χ2v) is 6.93. The molecule has 0 radical (unpaired) electrons. The summed E-state index contributed by atoms with van der Waals surface area (Å²) in [6.45, 7) is 2.57. The van der Waals surface area contributed by atoms with Gasteiger partial charge in [-0.1, -0.05) is 11.3 Å². The van der Waals surface area contributed by atoms with Crippen molar-refractivity contribution in [3.8, 4) is 5.75 Å². The van der Waals surface area contributed by atoms with E-state index in [0.29, 0.717) is 16.6 Å². The van der Waals surface area contributed by atoms with Crippen LogP contribution in [0.1, 0.15) is 16.6 Å². The monoisotopic (exact) mass is 382 g/mol. The molecule has 0 saturated heterocycles. The van der Waals surface area contributed by atoms with Crippen molar-refractivity contribution < 1.29 is 9.53 Å². The van der Waals surface area contributed by atoms with Gasteiger partial charge < -0.3 is 4.74 Å². The molecule has 0 bridgehead atoms. The number of amides is 1. The zero-order chi connectivity index (χ0) is 14.8. The van der Waals surface area contributed by atoms with Gasteiger partial charge in [0.25, 0.3) is 5.91 Å². The summed E-state index contributed by atoms with van der Waals surface area (Å²) in [6.07, 6.45) is 0. The second-order valence-electron chi connectivity index (χ2n) is 4.13. The molecule has 1 N–H and O–H groups in total. The van der Waals surface area contributed by atoms with Gasteiger partial charge in [0.2, 0.25) is 0 Å². The van der Waals surface area contributed by atoms with Crippen LogP contribution < -0.4 is 10.1 Å². The lowest BCUT2D eigenvalue weighted by Crippen LogP contribution is -2.10. The number of ether oxygens (including phenoxy) is 1. The summed E-state index contributed by atoms with van der Waals surface area (Å²) in [5.74, 6) is 0.661. The van der Waals surface area contributed by atoms with Crippen LogP contribution in [0.25, 0.3) is 10.2 Å². The van der Waals surface area contributed by atoms with E-state index in [1.165, 1.54) is 22.7 Å². The smallest absolute Gasteiger partial charge is 0.268 e. The Bertz CT molecular complexity index is 797. The molecule has 0 fully saturated rings. The van der Waals surface area contributed by atoms with Crippen LogP contribution >= 0.6 is 38.6 Å². The maximum atomic E-state index is 12.2. The van der Waals surface area contributed by atoms with Gasteiger partial charge in [-0.2, -0.15) is 0 Å². The average Bonchev–Trinajstić information content (AvgIpc) is 3.04. The van der Waals surface area contributed by atoms with Crippen LogP contribution in [0.5, 0.6) is 5.75 Å². The molecule has 0 aliphatic heterocycles. The zero-order valence-corrected chi connectivity index (χ0v) is 14.3. The lowest BCUT2D eigenvalue weighted by molar-refractivity contribution is 0.103. The van der Waals surface area contributed by atoms with Crippen LogP contribution in [0.2, 0.25) is 0 Å². The number of fused-ring (bicyclic) bond motifs is 1. The first-order chi connectivity index (χ1) is 10.2. The molecular formula is C14H11BrN2O2S2. The van der Waals surface area contributed by atoms with Gasteiger partial charge in [0.05, 0.1) is 16.8 Å². The van der Waals surface area contributed by atoms with Crippen LogP contribution in [-0.2, 0) is 0 Å². The minimum Gasteiger partial charge on any atom is -0.494 e. The number of carbonyl (C=O) groups excluding carboxylic acids is 1. The molecule has 0 unspecified atom stereocenters. The van der Waals surface area contributed by atoms with Crippen molar-refractivity contribution in [2.45, 2.75) is 6.92 Å². The number of carbonyl (C=O) groups is 1. The van der Waals surface area contributed by atoms with Crippen LogP contribution in [0.15, 0.2) is 34.1 Å². The number of nitrogens with zero attached hydrogens (tertiary/aromatic N) is 1. The first-order valence-electron chi connectivity index (χ1n) is 6.25. The second kappa shape index (κ2) is 6.13. The number of rotatable bonds is 4. The Morgan fingerprint density at radius 1 is 1.43 bits per heavy atom. The molecule has 2 heterocycles. The third-order valence-corrected chi connectivity index (χ3v) is 5.48. The van der Waals surface area contributed by atoms with Crippen LogP contribution in [-0.4, -0.2) is 17.5 Å². The highest BCUT2D eigenvalue weighted by atomic mass is 79.9. The number of thiazole rings is 1. The maximum Gasteiger partial charge on any atom is 0.268 e. The number of anilines is 1. The van der Waals surface area contributed by atoms with E-state index in [-0.39, 0.29) is 5.91 Å². The predicted molar refractivity (Wildman–Crippen MR) is 90.8 cm³/mol. The highest BCUT2D eigenvalue weighted by molar-refractivity contribution is 9.10. The Kier molecular flexibility index (Phi) is 4.23. The molecule has 3 rings (SSSR count). The van der Waals surface area contributed by atoms with Crippen molar-refractivity contribution in [2.24, 2.45) is 0 Å². The van der Waals surface area contributed by atoms with Crippen molar-refractivity contribution in [1.29, 1.82) is 0 Å². The number of hydrogen-bond donors (Lipinski definition) is 1. The van der Waals surface area contributed by atoms with E-state index in [1.54, 1.807) is 0 Å². The third-order valence-electron chi connectivity index (χ3n) is 2.71. The average molecular weight is 383 g/mol. The quantitative estimate of drug-likeness (QED) is 0.706. The molecule has 0 atom stereocenters. The highest BCUT2D eigenvalue weighted by Crippen LogP contribution is 2.30. The molecule has 0 spiro atoms. The Labute approximate surface area is 137 Å². The predicted octanol–water partition coefficient (Wildman–Crippen LogP) is 4.77. The Balaban J connectivity index is 1.84. The van der Waals surface area contributed by atoms with E-state index in [0.717, 1.165) is 20.4 Å². The third kappa shape index (κ3) is 3.09. The minimum atomic E-state index is -0.152. The lowest BCUT2D eigenvalue weighted by atomic mass is 10.3. The maximum absolute atomic E-state index is 12.2. The number of halogens is 1. The molecule has 7 heteroatoms. The van der Waals surface area contributed by atoms with Gasteiger partial charge in [-0.05, 0) is 52.5 Å². The van der Waals surface area contributed by atoms with Gasteiger partial charge in [-0.25, -0.2) is 4.98 Å². The summed E-state index contributed by atoms with van der Waals surface area (Å²) >= 11 is 6.18. The van der Waals surface area contributed by atoms with Gasteiger partial charge in [0, 0.05) is 4.47 Å². The van der Waals surface area contributed by atoms with Crippen molar-refractivity contribution in [3.63, 3.8) is 0 Å². The molecule has 1 amide bonds. The molecule has 0 aliphatic rings. The molecule has 4 nitrogen and oxygen atoms in total. The molecule has 1 aromatic carbocycles. The largest absolute Gasteiger partial charge is 0.494 e. The molecule has 2 aromatic heterocycles. The molecule has 0 aliphatic carbocycles. The first kappa shape index (κ1) is 14.5. The SMILES string of the molecule is CCOc1ccc2nc(NC(=O)c3sccc3Br)sc2c1. The van der Waals surface area contributed by atoms with Gasteiger partial charge >= 0.3 is 0 Å². The van der Waals surface area contributed by atoms with Crippen LogP contribution in [0, 0.1) is 0 Å². The van der Waals surface area contributed by atoms with E-state index in [9.17, 15) is 4.79 Å². The van der Waals surface area contributed by atoms with Gasteiger partial charge in [0.1, 0.15) is 10.6 Å². The summed E-state index contributed by atoms with van der Waals surface area (Å²) in [5, 5.41) is 5.29. The standard InChI is InChI=1S/C14H11BrN2O2S2/c1-2-19-8-3-4-10-11(7-8)21-14(16-10)17-13(18)12-9(15)5-6-20-12/h3-7H,2H2,1H3,(H,16,17,18). The number of nitrogens with one attached hydrogen (secondary N) is 1. The summed E-state index contributed by atoms with van der Waals surface area (Å²) in [5.41, 5.74) is 0.851. The number of benzene rings is 1. The molecule has 3 aromatic rings. The van der Waals surface area contributed by atoms with Crippen molar-refractivity contribution >= 4 is 59.9 Å². The molecule has 21 heavy (non-hydrogen) atoms. The highest BCUT2D eigenvalue weighted by Gasteiger charge is 2.14. The van der Waals surface area contributed by atoms with Crippen molar-refractivity contribution in [2.75, 3.05) is 11.9 Å². The fourth-order valence-electron chi connectivity index (χ4n) is 1.82. The van der Waals surface area contributed by atoms with E-state index in [1.807, 2.05) is 36.6 Å². The normalized spacial score (nSPS) is 10.8. The van der Waals surface area contributed by atoms with E-state index in [4.69, 9.17) is 4.74 Å². The van der Waals surface area contributed by atoms with Crippen LogP contribution in [0.4, 0.5) is 5.13 Å². The number of hydrogen-bond acceptors (Lipinski definition) is 5. The Morgan fingerprint density at radius 3 is 3.00 bits per heavy atom. The number of aromatic nitrogens is 1. The summed E-state index contributed by atoms with van der Waals surface area (Å²) in [6, 6.07) is 7.57. The Morgan fingerprint density at radius 2 is 2.29 bits per heavy atom. The minimum absolute atomic E-state index is 0.152. The Hall–Kier alpha value is -1.44. The molecule has 0 saturated carbocycles. The van der Waals surface area contributed by atoms with E-state index in [2.05, 4.69) is 26.2 Å². The topological polar surface area (TPSA) is 51.2 Å². The van der Waals surface area contributed by atoms with Crippen molar-refractivity contribution in [1.82, 2.24) is 4.98 Å². The molecule has 108 valence electrons. The molecular weight excluding hydrogens is 372 g/mol. The zero-order valence-electron chi connectivity index (χ0n) is 11.1. The first-order valence-corrected chi connectivity index (χ1v) is 8.74. The summed E-state index contributed by atoms with van der Waals surface area (Å²) in [4.78, 5) is 17.2. The van der Waals surface area contributed by atoms with Gasteiger partial charge in [-0.3, -0.25) is 10.1 Å². The fourth-order valence-corrected chi connectivity index (χ4v) is 4.16.